The summed E-state index contributed by atoms with van der Waals surface area (Å²) in [6.45, 7) is 4.52. The lowest BCUT2D eigenvalue weighted by Gasteiger charge is -2.41. The quantitative estimate of drug-likeness (QED) is 0.848. The predicted octanol–water partition coefficient (Wildman–Crippen LogP) is 2.86. The highest BCUT2D eigenvalue weighted by Gasteiger charge is 2.63. The van der Waals surface area contributed by atoms with Crippen LogP contribution in [0.4, 0.5) is 0 Å². The van der Waals surface area contributed by atoms with Gasteiger partial charge in [-0.2, -0.15) is 5.10 Å². The molecule has 0 amide bonds. The molecule has 0 radical (unpaired) electrons. The Hall–Kier alpha value is -1.43. The normalized spacial score (nSPS) is 28.8. The van der Waals surface area contributed by atoms with Gasteiger partial charge in [-0.25, -0.2) is 0 Å². The maximum absolute atomic E-state index is 10.8. The molecular weight excluding hydrogens is 312 g/mol. The largest absolute Gasteiger partial charge is 0.374 e. The van der Waals surface area contributed by atoms with Crippen LogP contribution in [-0.4, -0.2) is 19.9 Å². The van der Waals surface area contributed by atoms with Gasteiger partial charge in [0.1, 0.15) is 11.4 Å². The van der Waals surface area contributed by atoms with Gasteiger partial charge in [0, 0.05) is 24.9 Å². The van der Waals surface area contributed by atoms with Gasteiger partial charge >= 0.3 is 0 Å². The number of nitrogens with zero attached hydrogens (tertiary/aromatic N) is 3. The standard InChI is InChI=1S/C17H21ClN4O/c1-16(2)11-6-7-17(16,12-5-4-8-19-13(11)12)21-15(23)10-9-20-22(3)14(10)18/h4-5,8-9,11,15,21,23H,6-7H2,1-3H3. The molecule has 2 bridgehead atoms. The first-order valence-corrected chi connectivity index (χ1v) is 8.35. The van der Waals surface area contributed by atoms with Crippen molar-refractivity contribution < 1.29 is 5.11 Å². The zero-order valence-corrected chi connectivity index (χ0v) is 14.3. The van der Waals surface area contributed by atoms with E-state index in [1.54, 1.807) is 17.9 Å². The summed E-state index contributed by atoms with van der Waals surface area (Å²) in [4.78, 5) is 4.62. The third-order valence-electron chi connectivity index (χ3n) is 5.98. The Bertz CT molecular complexity index is 772. The SMILES string of the molecule is Cn1ncc(C(O)NC23CCC(c4ncccc42)C3(C)C)c1Cl. The molecule has 0 aromatic carbocycles. The minimum atomic E-state index is -0.861. The summed E-state index contributed by atoms with van der Waals surface area (Å²) >= 11 is 6.25. The Morgan fingerprint density at radius 1 is 1.48 bits per heavy atom. The zero-order chi connectivity index (χ0) is 16.4. The molecule has 122 valence electrons. The van der Waals surface area contributed by atoms with Gasteiger partial charge in [0.25, 0.3) is 0 Å². The topological polar surface area (TPSA) is 63.0 Å². The molecule has 2 heterocycles. The van der Waals surface area contributed by atoms with E-state index in [0.717, 1.165) is 12.8 Å². The Balaban J connectivity index is 1.76. The minimum absolute atomic E-state index is 0.0145. The van der Waals surface area contributed by atoms with Gasteiger partial charge in [0.2, 0.25) is 0 Å². The summed E-state index contributed by atoms with van der Waals surface area (Å²) in [7, 11) is 1.77. The second kappa shape index (κ2) is 4.79. The molecule has 4 rings (SSSR count). The number of nitrogens with one attached hydrogen (secondary N) is 1. The van der Waals surface area contributed by atoms with Crippen molar-refractivity contribution in [3.8, 4) is 0 Å². The molecule has 6 heteroatoms. The van der Waals surface area contributed by atoms with Crippen molar-refractivity contribution in [3.05, 3.63) is 46.5 Å². The van der Waals surface area contributed by atoms with Crippen molar-refractivity contribution in [2.24, 2.45) is 12.5 Å². The van der Waals surface area contributed by atoms with Crippen molar-refractivity contribution in [3.63, 3.8) is 0 Å². The number of aromatic nitrogens is 3. The predicted molar refractivity (Wildman–Crippen MR) is 88.0 cm³/mol. The molecule has 2 aromatic heterocycles. The number of hydrogen-bond donors (Lipinski definition) is 2. The summed E-state index contributed by atoms with van der Waals surface area (Å²) in [5.74, 6) is 0.419. The van der Waals surface area contributed by atoms with Crippen molar-refractivity contribution in [2.75, 3.05) is 0 Å². The summed E-state index contributed by atoms with van der Waals surface area (Å²) in [5.41, 5.74) is 2.68. The Labute approximate surface area is 140 Å². The lowest BCUT2D eigenvalue weighted by molar-refractivity contribution is 0.0472. The highest BCUT2D eigenvalue weighted by molar-refractivity contribution is 6.30. The van der Waals surface area contributed by atoms with E-state index in [1.165, 1.54) is 11.3 Å². The number of fused-ring (bicyclic) bond motifs is 5. The lowest BCUT2D eigenvalue weighted by atomic mass is 9.74. The van der Waals surface area contributed by atoms with Gasteiger partial charge in [-0.1, -0.05) is 31.5 Å². The van der Waals surface area contributed by atoms with E-state index in [0.29, 0.717) is 16.6 Å². The Morgan fingerprint density at radius 2 is 2.26 bits per heavy atom. The summed E-state index contributed by atoms with van der Waals surface area (Å²) in [6, 6.07) is 4.11. The smallest absolute Gasteiger partial charge is 0.136 e. The molecule has 1 fully saturated rings. The molecule has 0 saturated heterocycles. The van der Waals surface area contributed by atoms with Gasteiger partial charge in [-0.3, -0.25) is 15.0 Å². The lowest BCUT2D eigenvalue weighted by Crippen LogP contribution is -2.49. The molecule has 3 unspecified atom stereocenters. The number of pyridine rings is 1. The first-order valence-electron chi connectivity index (χ1n) is 7.97. The van der Waals surface area contributed by atoms with Crippen LogP contribution in [-0.2, 0) is 12.6 Å². The fourth-order valence-electron chi connectivity index (χ4n) is 4.63. The number of aliphatic hydroxyl groups excluding tert-OH is 1. The van der Waals surface area contributed by atoms with E-state index in [-0.39, 0.29) is 11.0 Å². The highest BCUT2D eigenvalue weighted by Crippen LogP contribution is 2.66. The Kier molecular flexibility index (Phi) is 3.15. The zero-order valence-electron chi connectivity index (χ0n) is 13.5. The van der Waals surface area contributed by atoms with Crippen molar-refractivity contribution in [2.45, 2.75) is 44.4 Å². The molecule has 23 heavy (non-hydrogen) atoms. The van der Waals surface area contributed by atoms with Crippen LogP contribution in [0.3, 0.4) is 0 Å². The van der Waals surface area contributed by atoms with Crippen LogP contribution in [0.1, 0.15) is 55.7 Å². The number of aryl methyl sites for hydroxylation is 1. The third kappa shape index (κ3) is 1.81. The molecule has 2 aromatic rings. The fourth-order valence-corrected chi connectivity index (χ4v) is 4.82. The van der Waals surface area contributed by atoms with E-state index in [4.69, 9.17) is 11.6 Å². The van der Waals surface area contributed by atoms with Crippen LogP contribution in [0.25, 0.3) is 0 Å². The third-order valence-corrected chi connectivity index (χ3v) is 6.44. The first-order chi connectivity index (χ1) is 10.9. The molecule has 1 saturated carbocycles. The first kappa shape index (κ1) is 15.1. The second-order valence-corrected chi connectivity index (χ2v) is 7.57. The van der Waals surface area contributed by atoms with E-state index in [1.807, 2.05) is 12.3 Å². The monoisotopic (exact) mass is 332 g/mol. The van der Waals surface area contributed by atoms with Gasteiger partial charge in [0.15, 0.2) is 0 Å². The summed E-state index contributed by atoms with van der Waals surface area (Å²) in [6.07, 6.45) is 4.68. The number of halogens is 1. The van der Waals surface area contributed by atoms with Gasteiger partial charge in [0.05, 0.1) is 17.3 Å². The van der Waals surface area contributed by atoms with E-state index >= 15 is 0 Å². The molecular formula is C17H21ClN4O. The molecule has 0 aliphatic heterocycles. The van der Waals surface area contributed by atoms with Gasteiger partial charge < -0.3 is 5.11 Å². The molecule has 3 atom stereocenters. The van der Waals surface area contributed by atoms with Gasteiger partial charge in [-0.15, -0.1) is 0 Å². The maximum Gasteiger partial charge on any atom is 0.136 e. The minimum Gasteiger partial charge on any atom is -0.374 e. The number of aliphatic hydroxyl groups is 1. The molecule has 2 N–H and O–H groups in total. The molecule has 2 aliphatic rings. The molecule has 5 nitrogen and oxygen atoms in total. The molecule has 2 aliphatic carbocycles. The van der Waals surface area contributed by atoms with Crippen LogP contribution in [0.5, 0.6) is 0 Å². The van der Waals surface area contributed by atoms with Crippen LogP contribution < -0.4 is 5.32 Å². The maximum atomic E-state index is 10.8. The fraction of sp³-hybridized carbons (Fsp3) is 0.529. The van der Waals surface area contributed by atoms with Crippen LogP contribution in [0.15, 0.2) is 24.5 Å². The highest BCUT2D eigenvalue weighted by atomic mass is 35.5. The Morgan fingerprint density at radius 3 is 2.96 bits per heavy atom. The summed E-state index contributed by atoms with van der Waals surface area (Å²) in [5, 5.41) is 18.8. The van der Waals surface area contributed by atoms with Crippen molar-refractivity contribution >= 4 is 11.6 Å². The van der Waals surface area contributed by atoms with E-state index in [9.17, 15) is 5.11 Å². The number of rotatable bonds is 3. The van der Waals surface area contributed by atoms with Gasteiger partial charge in [-0.05, 0) is 29.9 Å². The molecule has 0 spiro atoms. The van der Waals surface area contributed by atoms with E-state index in [2.05, 4.69) is 35.3 Å². The van der Waals surface area contributed by atoms with Crippen LogP contribution >= 0.6 is 11.6 Å². The summed E-state index contributed by atoms with van der Waals surface area (Å²) < 4.78 is 1.56. The average Bonchev–Trinajstić information content (AvgIpc) is 3.05. The van der Waals surface area contributed by atoms with Crippen molar-refractivity contribution in [1.29, 1.82) is 0 Å². The van der Waals surface area contributed by atoms with Crippen LogP contribution in [0, 0.1) is 5.41 Å². The van der Waals surface area contributed by atoms with Crippen molar-refractivity contribution in [1.82, 2.24) is 20.1 Å². The number of hydrogen-bond acceptors (Lipinski definition) is 4. The van der Waals surface area contributed by atoms with E-state index < -0.39 is 6.23 Å². The second-order valence-electron chi connectivity index (χ2n) is 7.22. The average molecular weight is 333 g/mol. The van der Waals surface area contributed by atoms with Crippen LogP contribution in [0.2, 0.25) is 5.15 Å².